The number of amides is 3. The number of rotatable bonds is 17. The normalized spacial score (nSPS) is 16.5. The number of fused-ring (bicyclic) bond motifs is 6. The summed E-state index contributed by atoms with van der Waals surface area (Å²) in [7, 11) is 0. The average molecular weight is 1540 g/mol. The second-order valence-corrected chi connectivity index (χ2v) is 29.1. The predicted octanol–water partition coefficient (Wildman–Crippen LogP) is 12.7. The summed E-state index contributed by atoms with van der Waals surface area (Å²) in [5.41, 5.74) is 19.1. The number of carbonyl (C=O) groups excluding carboxylic acids is 3. The third-order valence-corrected chi connectivity index (χ3v) is 22.5. The number of piperidine rings is 3. The van der Waals surface area contributed by atoms with Gasteiger partial charge in [-0.15, -0.1) is 0 Å². The van der Waals surface area contributed by atoms with Crippen molar-refractivity contribution in [1.82, 2.24) is 58.3 Å². The highest BCUT2D eigenvalue weighted by atomic mass is 32.2. The number of likely N-dealkylation sites (tertiary alicyclic amines) is 3. The Balaban J connectivity index is 0.000000141. The average Bonchev–Trinajstić information content (AvgIpc) is 1.65. The molecule has 15 rings (SSSR count). The zero-order chi connectivity index (χ0) is 74.9. The van der Waals surface area contributed by atoms with Crippen molar-refractivity contribution in [1.29, 1.82) is 0 Å². The monoisotopic (exact) mass is 1540 g/mol. The van der Waals surface area contributed by atoms with Crippen LogP contribution in [0.25, 0.3) is 33.1 Å². The highest BCUT2D eigenvalue weighted by molar-refractivity contribution is 7.99. The third-order valence-electron chi connectivity index (χ3n) is 19.4. The molecule has 0 bridgehead atoms. The smallest absolute Gasteiger partial charge is 0.417 e. The number of pyridine rings is 3. The van der Waals surface area contributed by atoms with Crippen molar-refractivity contribution in [3.05, 3.63) is 89.9 Å². The lowest BCUT2D eigenvalue weighted by molar-refractivity contribution is -0.141. The quantitative estimate of drug-likeness (QED) is 0.0486. The number of nitrogens with zero attached hydrogens (tertiary/aromatic N) is 12. The Morgan fingerprint density at radius 2 is 0.792 bits per heavy atom. The van der Waals surface area contributed by atoms with Gasteiger partial charge in [0.05, 0.1) is 33.2 Å². The van der Waals surface area contributed by atoms with Crippen LogP contribution in [0.3, 0.4) is 0 Å². The number of hydrogen-bond donors (Lipinski definition) is 4. The lowest BCUT2D eigenvalue weighted by atomic mass is 9.93. The van der Waals surface area contributed by atoms with E-state index in [-0.39, 0.29) is 98.8 Å². The molecule has 0 aliphatic carbocycles. The van der Waals surface area contributed by atoms with Gasteiger partial charge in [0.2, 0.25) is 32.7 Å². The molecule has 9 aromatic rings. The van der Waals surface area contributed by atoms with Crippen molar-refractivity contribution in [2.24, 2.45) is 17.8 Å². The number of benzene rings is 3. The number of aliphatic hydroxyl groups excluding tert-OH is 1. The molecule has 0 unspecified atom stereocenters. The minimum Gasteiger partial charge on any atom is -0.454 e. The van der Waals surface area contributed by atoms with E-state index in [1.807, 2.05) is 18.6 Å². The van der Waals surface area contributed by atoms with Gasteiger partial charge in [-0.05, 0) is 137 Å². The van der Waals surface area contributed by atoms with E-state index in [0.29, 0.717) is 101 Å². The highest BCUT2D eigenvalue weighted by Gasteiger charge is 2.41. The molecule has 0 saturated carbocycles. The number of aromatic nitrogens is 9. The molecular weight excluding hydrogens is 1470 g/mol. The summed E-state index contributed by atoms with van der Waals surface area (Å²) in [6.07, 6.45) is -1.77. The molecule has 7 N–H and O–H groups in total. The highest BCUT2D eigenvalue weighted by Crippen LogP contribution is 2.51. The Morgan fingerprint density at radius 3 is 1.08 bits per heavy atom. The van der Waals surface area contributed by atoms with E-state index in [1.54, 1.807) is 53.5 Å². The molecule has 0 spiro atoms. The van der Waals surface area contributed by atoms with Gasteiger partial charge in [0, 0.05) is 99.1 Å². The van der Waals surface area contributed by atoms with Crippen LogP contribution in [0.5, 0.6) is 34.5 Å². The standard InChI is InChI=1S/C24H26F3N5O4S.C23H24F3N5O3S.C22H22F3N5O3S/c1-13(33)22(34)31-7-3-14(4-8-31)5-9-32-16-2-6-29-21(28)20(16)30-23(32)37-19-11-18-17(35-12-36-18)10-15(19)24(25,26)27;1-13(32)30-7-3-14(4-8-30)5-9-31-16-2-6-28-21(27)20(16)29-22(31)35-19-11-18-17(33-12-34-18)10-15(19)23(24,25)26;23-22(24,25)14-9-16-17(33-12-32-16)10-18(14)34-21-28-19-15(1-5-27-20(19)26)30(21)8-4-13-2-6-29(11-31)7-3-13/h2,6,10-11,13-14,33H,3-5,7-9,12H2,1H3,(H2,28,29);2,6,10-11,14H,3-5,7-9,12H2,1H3,(H2,27,28);1,5,9-11,13H,2-4,6-8,12H2,(H2,26,27)/t13-;;/m0../s1. The van der Waals surface area contributed by atoms with Crippen LogP contribution in [0.15, 0.2) is 103 Å². The Morgan fingerprint density at radius 1 is 0.500 bits per heavy atom. The van der Waals surface area contributed by atoms with Crippen LogP contribution in [-0.2, 0) is 52.5 Å². The van der Waals surface area contributed by atoms with Crippen molar-refractivity contribution in [3.63, 3.8) is 0 Å². The summed E-state index contributed by atoms with van der Waals surface area (Å²) in [6.45, 7) is 8.25. The zero-order valence-electron chi connectivity index (χ0n) is 57.0. The summed E-state index contributed by atoms with van der Waals surface area (Å²) in [4.78, 5) is 65.7. The van der Waals surface area contributed by atoms with Gasteiger partial charge in [-0.1, -0.05) is 35.3 Å². The van der Waals surface area contributed by atoms with Crippen LogP contribution < -0.4 is 45.6 Å². The molecule has 1 atom stereocenters. The van der Waals surface area contributed by atoms with E-state index in [4.69, 9.17) is 45.6 Å². The molecule has 3 fully saturated rings. The number of carbonyl (C=O) groups is 3. The van der Waals surface area contributed by atoms with Gasteiger partial charge in [0.15, 0.2) is 67.4 Å². The Bertz CT molecular complexity index is 4750. The van der Waals surface area contributed by atoms with Gasteiger partial charge >= 0.3 is 18.5 Å². The van der Waals surface area contributed by atoms with E-state index < -0.39 is 41.3 Å². The lowest BCUT2D eigenvalue weighted by Crippen LogP contribution is -2.43. The maximum absolute atomic E-state index is 13.9. The number of anilines is 3. The number of nitrogen functional groups attached to an aromatic ring is 3. The van der Waals surface area contributed by atoms with Crippen LogP contribution in [-0.4, -0.2) is 147 Å². The minimum absolute atomic E-state index is 0.0281. The van der Waals surface area contributed by atoms with E-state index >= 15 is 0 Å². The van der Waals surface area contributed by atoms with E-state index in [9.17, 15) is 59.0 Å². The van der Waals surface area contributed by atoms with Crippen molar-refractivity contribution in [2.75, 3.05) is 76.8 Å². The lowest BCUT2D eigenvalue weighted by Gasteiger charge is -2.33. The number of imidazole rings is 3. The fourth-order valence-corrected chi connectivity index (χ4v) is 16.8. The van der Waals surface area contributed by atoms with Crippen molar-refractivity contribution in [2.45, 2.75) is 146 Å². The first-order chi connectivity index (χ1) is 50.6. The van der Waals surface area contributed by atoms with Crippen LogP contribution in [0.2, 0.25) is 0 Å². The van der Waals surface area contributed by atoms with Gasteiger partial charge in [-0.25, -0.2) is 29.9 Å². The molecule has 6 aromatic heterocycles. The summed E-state index contributed by atoms with van der Waals surface area (Å²) < 4.78 is 162. The van der Waals surface area contributed by atoms with E-state index in [0.717, 1.165) is 142 Å². The molecule has 12 heterocycles. The van der Waals surface area contributed by atoms with Crippen LogP contribution in [0.1, 0.15) is 88.3 Å². The molecule has 564 valence electrons. The molecule has 0 radical (unpaired) electrons. The second kappa shape index (κ2) is 31.1. The van der Waals surface area contributed by atoms with Crippen molar-refractivity contribution in [3.8, 4) is 34.5 Å². The molecule has 37 heteroatoms. The number of nitrogens with two attached hydrogens (primary N) is 3. The van der Waals surface area contributed by atoms with E-state index in [1.165, 1.54) is 25.1 Å². The molecule has 3 amide bonds. The second-order valence-electron chi connectivity index (χ2n) is 26.1. The predicted molar refractivity (Wildman–Crippen MR) is 371 cm³/mol. The van der Waals surface area contributed by atoms with Gasteiger partial charge in [0.1, 0.15) is 22.7 Å². The van der Waals surface area contributed by atoms with Crippen LogP contribution in [0, 0.1) is 17.8 Å². The van der Waals surface area contributed by atoms with Crippen molar-refractivity contribution >= 4 is 104 Å². The molecular formula is C69H72F9N15O10S3. The Labute approximate surface area is 611 Å². The topological polar surface area (TPSA) is 307 Å². The zero-order valence-corrected chi connectivity index (χ0v) is 59.5. The number of hydrogen-bond acceptors (Lipinski definition) is 22. The molecule has 6 aliphatic heterocycles. The van der Waals surface area contributed by atoms with Gasteiger partial charge in [0.25, 0.3) is 5.91 Å². The fraction of sp³-hybridized carbons (Fsp3) is 0.435. The first kappa shape index (κ1) is 74.8. The van der Waals surface area contributed by atoms with E-state index in [2.05, 4.69) is 29.9 Å². The summed E-state index contributed by atoms with van der Waals surface area (Å²) >= 11 is 2.73. The number of halogens is 9. The molecule has 3 aromatic carbocycles. The number of alkyl halides is 9. The Kier molecular flexibility index (Phi) is 22.0. The maximum atomic E-state index is 13.9. The van der Waals surface area contributed by atoms with Crippen molar-refractivity contribution < 1.29 is 87.4 Å². The third kappa shape index (κ3) is 16.5. The number of ether oxygens (including phenoxy) is 6. The number of aryl methyl sites for hydroxylation is 3. The summed E-state index contributed by atoms with van der Waals surface area (Å²) in [5, 5.41) is 10.7. The molecule has 25 nitrogen and oxygen atoms in total. The first-order valence-electron chi connectivity index (χ1n) is 34.0. The fourth-order valence-electron chi connectivity index (χ4n) is 13.5. The SMILES string of the molecule is CC(=O)N1CCC(CCn2c(Sc3cc4c(cc3C(F)(F)F)OCO4)nc3c(N)nccc32)CC1.C[C@H](O)C(=O)N1CCC(CCn2c(Sc3cc4c(cc3C(F)(F)F)OCO4)nc3c(N)nccc32)CC1.Nc1nccc2c1nc(Sc1cc3c(cc1C(F)(F)F)OCO3)n2CCC1CCN(C=O)CC1. The molecule has 6 aliphatic rings. The number of aliphatic hydroxyl groups is 1. The first-order valence-corrected chi connectivity index (χ1v) is 36.4. The maximum Gasteiger partial charge on any atom is 0.417 e. The van der Waals surface area contributed by atoms with Gasteiger partial charge in [-0.2, -0.15) is 39.5 Å². The Hall–Kier alpha value is -9.49. The van der Waals surface area contributed by atoms with Crippen LogP contribution in [0.4, 0.5) is 57.0 Å². The summed E-state index contributed by atoms with van der Waals surface area (Å²) in [5.74, 6) is 2.53. The van der Waals surface area contributed by atoms with Gasteiger partial charge < -0.3 is 79.1 Å². The van der Waals surface area contributed by atoms with Crippen LogP contribution >= 0.6 is 35.3 Å². The van der Waals surface area contributed by atoms with Gasteiger partial charge in [-0.3, -0.25) is 14.4 Å². The molecule has 106 heavy (non-hydrogen) atoms. The molecule has 3 saturated heterocycles. The minimum atomic E-state index is -4.60. The largest absolute Gasteiger partial charge is 0.454 e. The summed E-state index contributed by atoms with van der Waals surface area (Å²) in [6, 6.07) is 12.2.